The molecule has 1 amide bonds. The molecule has 3 heterocycles. The predicted octanol–water partition coefficient (Wildman–Crippen LogP) is 3.04. The third kappa shape index (κ3) is 3.58. The number of halogens is 3. The summed E-state index contributed by atoms with van der Waals surface area (Å²) in [4.78, 5) is 17.4. The van der Waals surface area contributed by atoms with E-state index in [0.29, 0.717) is 18.5 Å². The number of pyridine rings is 1. The van der Waals surface area contributed by atoms with E-state index >= 15 is 0 Å². The monoisotopic (exact) mass is 444 g/mol. The Hall–Kier alpha value is -3.47. The smallest absolute Gasteiger partial charge is 0.414 e. The molecule has 166 valence electrons. The predicted molar refractivity (Wildman–Crippen MR) is 107 cm³/mol. The number of cyclic esters (lactones) is 1. The van der Waals surface area contributed by atoms with Crippen molar-refractivity contribution in [2.24, 2.45) is 5.73 Å². The molecule has 1 saturated carbocycles. The zero-order valence-corrected chi connectivity index (χ0v) is 17.1. The van der Waals surface area contributed by atoms with Crippen molar-refractivity contribution in [3.8, 4) is 11.1 Å². The number of nitrogens with two attached hydrogens (primary N) is 1. The van der Waals surface area contributed by atoms with Gasteiger partial charge in [0.1, 0.15) is 23.6 Å². The summed E-state index contributed by atoms with van der Waals surface area (Å²) in [6.07, 6.45) is 2.82. The highest BCUT2D eigenvalue weighted by molar-refractivity contribution is 5.90. The van der Waals surface area contributed by atoms with Crippen molar-refractivity contribution in [3.05, 3.63) is 59.4 Å². The lowest BCUT2D eigenvalue weighted by atomic mass is 10.0. The highest BCUT2D eigenvalue weighted by Gasteiger charge is 2.43. The number of carbonyl (C=O) groups excluding carboxylic acids is 1. The summed E-state index contributed by atoms with van der Waals surface area (Å²) < 4.78 is 51.1. The molecule has 5 rings (SSSR count). The van der Waals surface area contributed by atoms with E-state index in [1.807, 2.05) is 0 Å². The van der Waals surface area contributed by atoms with Gasteiger partial charge in [0.25, 0.3) is 0 Å². The maximum atomic E-state index is 14.9. The molecule has 8 nitrogen and oxygen atoms in total. The van der Waals surface area contributed by atoms with Crippen molar-refractivity contribution < 1.29 is 22.7 Å². The SMILES string of the molecule is Cc1cn(CC2CN(c3cc(F)c(-c4cnc(C5(N)CC5)c(F)c4)c(F)c3)C(=O)O2)nn1. The van der Waals surface area contributed by atoms with Gasteiger partial charge in [-0.25, -0.2) is 22.6 Å². The lowest BCUT2D eigenvalue weighted by Crippen LogP contribution is -2.26. The average molecular weight is 444 g/mol. The summed E-state index contributed by atoms with van der Waals surface area (Å²) >= 11 is 0. The van der Waals surface area contributed by atoms with Gasteiger partial charge in [-0.3, -0.25) is 9.88 Å². The third-order valence-corrected chi connectivity index (χ3v) is 5.65. The second kappa shape index (κ2) is 7.30. The van der Waals surface area contributed by atoms with E-state index in [4.69, 9.17) is 10.5 Å². The first-order valence-corrected chi connectivity index (χ1v) is 10.0. The molecule has 0 radical (unpaired) electrons. The Morgan fingerprint density at radius 3 is 2.50 bits per heavy atom. The molecule has 2 aromatic heterocycles. The van der Waals surface area contributed by atoms with Crippen LogP contribution in [0, 0.1) is 24.4 Å². The van der Waals surface area contributed by atoms with Gasteiger partial charge >= 0.3 is 6.09 Å². The maximum Gasteiger partial charge on any atom is 0.414 e. The summed E-state index contributed by atoms with van der Waals surface area (Å²) in [5.41, 5.74) is 5.48. The van der Waals surface area contributed by atoms with Crippen molar-refractivity contribution in [2.45, 2.75) is 38.0 Å². The molecule has 1 aliphatic heterocycles. The number of aryl methyl sites for hydroxylation is 1. The van der Waals surface area contributed by atoms with E-state index in [1.165, 1.54) is 10.9 Å². The minimum absolute atomic E-state index is 0.00466. The Balaban J connectivity index is 1.39. The van der Waals surface area contributed by atoms with Crippen LogP contribution in [0.1, 0.15) is 24.2 Å². The van der Waals surface area contributed by atoms with Gasteiger partial charge in [-0.1, -0.05) is 5.21 Å². The van der Waals surface area contributed by atoms with Gasteiger partial charge in [-0.15, -0.1) is 5.10 Å². The van der Waals surface area contributed by atoms with Gasteiger partial charge in [-0.2, -0.15) is 0 Å². The normalized spacial score (nSPS) is 19.3. The Morgan fingerprint density at radius 1 is 1.19 bits per heavy atom. The zero-order chi connectivity index (χ0) is 22.6. The van der Waals surface area contributed by atoms with Gasteiger partial charge in [0.2, 0.25) is 0 Å². The minimum atomic E-state index is -0.953. The first-order valence-electron chi connectivity index (χ1n) is 10.0. The fraction of sp³-hybridized carbons (Fsp3) is 0.333. The number of rotatable bonds is 5. The zero-order valence-electron chi connectivity index (χ0n) is 17.1. The molecule has 11 heteroatoms. The summed E-state index contributed by atoms with van der Waals surface area (Å²) in [6.45, 7) is 2.12. The number of ether oxygens (including phenoxy) is 1. The van der Waals surface area contributed by atoms with Gasteiger partial charge in [0.15, 0.2) is 0 Å². The molecule has 0 spiro atoms. The van der Waals surface area contributed by atoms with Crippen LogP contribution in [0.3, 0.4) is 0 Å². The highest BCUT2D eigenvalue weighted by Crippen LogP contribution is 2.43. The average Bonchev–Trinajstić information content (AvgIpc) is 3.16. The van der Waals surface area contributed by atoms with E-state index in [2.05, 4.69) is 15.3 Å². The van der Waals surface area contributed by atoms with Gasteiger partial charge in [-0.05, 0) is 38.0 Å². The molecule has 2 aliphatic rings. The largest absolute Gasteiger partial charge is 0.442 e. The first kappa shape index (κ1) is 20.4. The summed E-state index contributed by atoms with van der Waals surface area (Å²) in [7, 11) is 0. The molecule has 2 fully saturated rings. The number of hydrogen-bond acceptors (Lipinski definition) is 6. The molecule has 1 saturated heterocycles. The molecule has 1 atom stereocenters. The van der Waals surface area contributed by atoms with E-state index in [-0.39, 0.29) is 30.0 Å². The number of anilines is 1. The second-order valence-corrected chi connectivity index (χ2v) is 8.19. The maximum absolute atomic E-state index is 14.9. The quantitative estimate of drug-likeness (QED) is 0.650. The third-order valence-electron chi connectivity index (χ3n) is 5.65. The molecule has 3 aromatic rings. The van der Waals surface area contributed by atoms with Crippen molar-refractivity contribution in [3.63, 3.8) is 0 Å². The lowest BCUT2D eigenvalue weighted by molar-refractivity contribution is 0.129. The van der Waals surface area contributed by atoms with E-state index in [0.717, 1.165) is 23.1 Å². The van der Waals surface area contributed by atoms with Crippen molar-refractivity contribution in [1.82, 2.24) is 20.0 Å². The summed E-state index contributed by atoms with van der Waals surface area (Å²) in [5, 5.41) is 7.77. The number of nitrogens with zero attached hydrogens (tertiary/aromatic N) is 5. The Labute approximate surface area is 180 Å². The van der Waals surface area contributed by atoms with E-state index < -0.39 is 40.8 Å². The van der Waals surface area contributed by atoms with E-state index in [9.17, 15) is 18.0 Å². The van der Waals surface area contributed by atoms with Crippen molar-refractivity contribution in [2.75, 3.05) is 11.4 Å². The van der Waals surface area contributed by atoms with Crippen LogP contribution in [0.2, 0.25) is 0 Å². The van der Waals surface area contributed by atoms with Crippen LogP contribution >= 0.6 is 0 Å². The molecule has 1 unspecified atom stereocenters. The Bertz CT molecular complexity index is 1200. The number of hydrogen-bond donors (Lipinski definition) is 1. The van der Waals surface area contributed by atoms with Crippen LogP contribution in [0.5, 0.6) is 0 Å². The highest BCUT2D eigenvalue weighted by atomic mass is 19.1. The second-order valence-electron chi connectivity index (χ2n) is 8.19. The lowest BCUT2D eigenvalue weighted by Gasteiger charge is -2.16. The van der Waals surface area contributed by atoms with Gasteiger partial charge in [0.05, 0.1) is 41.3 Å². The van der Waals surface area contributed by atoms with Gasteiger partial charge < -0.3 is 10.5 Å². The molecule has 1 aromatic carbocycles. The summed E-state index contributed by atoms with van der Waals surface area (Å²) in [5.74, 6) is -2.61. The number of carbonyl (C=O) groups is 1. The molecular weight excluding hydrogens is 425 g/mol. The van der Waals surface area contributed by atoms with Crippen LogP contribution < -0.4 is 10.6 Å². The first-order chi connectivity index (χ1) is 15.2. The molecule has 32 heavy (non-hydrogen) atoms. The Morgan fingerprint density at radius 2 is 1.91 bits per heavy atom. The summed E-state index contributed by atoms with van der Waals surface area (Å²) in [6, 6.07) is 3.05. The van der Waals surface area contributed by atoms with Crippen molar-refractivity contribution >= 4 is 11.8 Å². The minimum Gasteiger partial charge on any atom is -0.442 e. The molecular formula is C21H19F3N6O2. The molecule has 0 bridgehead atoms. The van der Waals surface area contributed by atoms with Crippen LogP contribution in [-0.4, -0.2) is 38.7 Å². The van der Waals surface area contributed by atoms with Crippen LogP contribution in [0.4, 0.5) is 23.7 Å². The molecule has 1 aliphatic carbocycles. The van der Waals surface area contributed by atoms with E-state index in [1.54, 1.807) is 13.1 Å². The topological polar surface area (TPSA) is 99.2 Å². The fourth-order valence-electron chi connectivity index (χ4n) is 3.82. The Kier molecular flexibility index (Phi) is 4.66. The number of amides is 1. The van der Waals surface area contributed by atoms with Gasteiger partial charge in [0, 0.05) is 18.0 Å². The standard InChI is InChI=1S/C21H19F3N6O2/c1-11-8-29(28-27-11)9-14-10-30(20(31)32-14)13-5-15(22)18(16(23)6-13)12-4-17(24)19(26-7-12)21(25)2-3-21/h4-8,14H,2-3,9-10,25H2,1H3. The van der Waals surface area contributed by atoms with Crippen LogP contribution in [0.25, 0.3) is 11.1 Å². The van der Waals surface area contributed by atoms with Crippen LogP contribution in [-0.2, 0) is 16.8 Å². The molecule has 2 N–H and O–H groups in total. The van der Waals surface area contributed by atoms with Crippen molar-refractivity contribution in [1.29, 1.82) is 0 Å². The number of benzene rings is 1. The fourth-order valence-corrected chi connectivity index (χ4v) is 3.82. The number of aromatic nitrogens is 4. The van der Waals surface area contributed by atoms with Crippen LogP contribution in [0.15, 0.2) is 30.6 Å².